The van der Waals surface area contributed by atoms with Crippen molar-refractivity contribution in [3.8, 4) is 0 Å². The van der Waals surface area contributed by atoms with Crippen LogP contribution in [0.25, 0.3) is 0 Å². The van der Waals surface area contributed by atoms with Crippen LogP contribution >= 0.6 is 0 Å². The summed E-state index contributed by atoms with van der Waals surface area (Å²) in [4.78, 5) is 2.18. The Morgan fingerprint density at radius 2 is 2.18 bits per heavy atom. The summed E-state index contributed by atoms with van der Waals surface area (Å²) < 4.78 is 11.0. The smallest absolute Gasteiger partial charge is 0.118 e. The highest BCUT2D eigenvalue weighted by Gasteiger charge is 2.34. The summed E-state index contributed by atoms with van der Waals surface area (Å²) in [6.45, 7) is 7.37. The van der Waals surface area contributed by atoms with Crippen molar-refractivity contribution in [2.24, 2.45) is 5.73 Å². The Kier molecular flexibility index (Phi) is 4.74. The lowest BCUT2D eigenvalue weighted by Gasteiger charge is -2.41. The standard InChI is InChI=1S/C13H24N2O2/c1-10-6-7-12(17-10)8-15(4)13(3,9-14)11(2)16-5/h6-7,11H,8-9,14H2,1-5H3. The first-order valence-corrected chi connectivity index (χ1v) is 5.93. The number of aryl methyl sites for hydroxylation is 1. The number of likely N-dealkylation sites (N-methyl/N-ethyl adjacent to an activating group) is 1. The first-order valence-electron chi connectivity index (χ1n) is 5.93. The highest BCUT2D eigenvalue weighted by molar-refractivity contribution is 5.06. The Morgan fingerprint density at radius 1 is 1.53 bits per heavy atom. The van der Waals surface area contributed by atoms with E-state index in [1.54, 1.807) is 7.11 Å². The van der Waals surface area contributed by atoms with Crippen molar-refractivity contribution in [3.05, 3.63) is 23.7 Å². The molecule has 1 rings (SSSR count). The van der Waals surface area contributed by atoms with E-state index in [0.717, 1.165) is 18.1 Å². The van der Waals surface area contributed by atoms with Crippen molar-refractivity contribution >= 4 is 0 Å². The fourth-order valence-electron chi connectivity index (χ4n) is 1.87. The number of nitrogens with zero attached hydrogens (tertiary/aromatic N) is 1. The quantitative estimate of drug-likeness (QED) is 0.823. The van der Waals surface area contributed by atoms with Crippen molar-refractivity contribution in [2.75, 3.05) is 20.7 Å². The van der Waals surface area contributed by atoms with Crippen LogP contribution in [0.5, 0.6) is 0 Å². The largest absolute Gasteiger partial charge is 0.465 e. The lowest BCUT2D eigenvalue weighted by molar-refractivity contribution is -0.0252. The SMILES string of the molecule is COC(C)C(C)(CN)N(C)Cc1ccc(C)o1. The third-order valence-corrected chi connectivity index (χ3v) is 3.70. The van der Waals surface area contributed by atoms with E-state index in [-0.39, 0.29) is 11.6 Å². The molecule has 2 atom stereocenters. The Balaban J connectivity index is 2.76. The van der Waals surface area contributed by atoms with E-state index in [1.807, 2.05) is 33.0 Å². The Labute approximate surface area is 104 Å². The zero-order chi connectivity index (χ0) is 13.1. The first-order chi connectivity index (χ1) is 7.93. The van der Waals surface area contributed by atoms with Crippen LogP contribution in [0.4, 0.5) is 0 Å². The molecule has 2 N–H and O–H groups in total. The van der Waals surface area contributed by atoms with E-state index in [1.165, 1.54) is 0 Å². The molecule has 0 aliphatic heterocycles. The van der Waals surface area contributed by atoms with Gasteiger partial charge in [-0.2, -0.15) is 0 Å². The van der Waals surface area contributed by atoms with Gasteiger partial charge in [-0.25, -0.2) is 0 Å². The van der Waals surface area contributed by atoms with Crippen molar-refractivity contribution in [2.45, 2.75) is 39.0 Å². The number of rotatable bonds is 6. The fourth-order valence-corrected chi connectivity index (χ4v) is 1.87. The van der Waals surface area contributed by atoms with Crippen LogP contribution in [-0.4, -0.2) is 37.2 Å². The molecule has 1 aromatic rings. The topological polar surface area (TPSA) is 51.6 Å². The van der Waals surface area contributed by atoms with E-state index in [9.17, 15) is 0 Å². The molecule has 0 spiro atoms. The molecule has 0 fully saturated rings. The molecule has 0 bridgehead atoms. The van der Waals surface area contributed by atoms with Gasteiger partial charge in [-0.15, -0.1) is 0 Å². The zero-order valence-electron chi connectivity index (χ0n) is 11.5. The van der Waals surface area contributed by atoms with E-state index < -0.39 is 0 Å². The van der Waals surface area contributed by atoms with Gasteiger partial charge in [0, 0.05) is 13.7 Å². The molecule has 1 aromatic heterocycles. The minimum atomic E-state index is -0.199. The van der Waals surface area contributed by atoms with Gasteiger partial charge in [0.15, 0.2) is 0 Å². The molecule has 0 aliphatic rings. The first kappa shape index (κ1) is 14.2. The molecular formula is C13H24N2O2. The lowest BCUT2D eigenvalue weighted by atomic mass is 9.93. The van der Waals surface area contributed by atoms with Gasteiger partial charge >= 0.3 is 0 Å². The van der Waals surface area contributed by atoms with Crippen LogP contribution in [0.15, 0.2) is 16.5 Å². The summed E-state index contributed by atoms with van der Waals surface area (Å²) in [6.07, 6.45) is 0.0635. The normalized spacial score (nSPS) is 17.1. The second-order valence-electron chi connectivity index (χ2n) is 4.81. The summed E-state index contributed by atoms with van der Waals surface area (Å²) in [5.74, 6) is 1.88. The zero-order valence-corrected chi connectivity index (χ0v) is 11.5. The highest BCUT2D eigenvalue weighted by Crippen LogP contribution is 2.22. The molecule has 4 nitrogen and oxygen atoms in total. The van der Waals surface area contributed by atoms with Gasteiger partial charge in [0.05, 0.1) is 18.2 Å². The monoisotopic (exact) mass is 240 g/mol. The number of hydrogen-bond acceptors (Lipinski definition) is 4. The van der Waals surface area contributed by atoms with Crippen molar-refractivity contribution < 1.29 is 9.15 Å². The van der Waals surface area contributed by atoms with Crippen LogP contribution < -0.4 is 5.73 Å². The van der Waals surface area contributed by atoms with Crippen LogP contribution in [0.3, 0.4) is 0 Å². The molecular weight excluding hydrogens is 216 g/mol. The fraction of sp³-hybridized carbons (Fsp3) is 0.692. The second-order valence-corrected chi connectivity index (χ2v) is 4.81. The van der Waals surface area contributed by atoms with Gasteiger partial charge < -0.3 is 14.9 Å². The van der Waals surface area contributed by atoms with Crippen LogP contribution in [0.2, 0.25) is 0 Å². The molecule has 17 heavy (non-hydrogen) atoms. The molecule has 2 unspecified atom stereocenters. The van der Waals surface area contributed by atoms with Crippen LogP contribution in [0.1, 0.15) is 25.4 Å². The Morgan fingerprint density at radius 3 is 2.59 bits per heavy atom. The Hall–Kier alpha value is -0.840. The third-order valence-electron chi connectivity index (χ3n) is 3.70. The van der Waals surface area contributed by atoms with Crippen molar-refractivity contribution in [1.82, 2.24) is 4.90 Å². The van der Waals surface area contributed by atoms with E-state index >= 15 is 0 Å². The molecule has 98 valence electrons. The summed E-state index contributed by atoms with van der Waals surface area (Å²) >= 11 is 0. The molecule has 0 aliphatic carbocycles. The molecule has 0 aromatic carbocycles. The number of ether oxygens (including phenoxy) is 1. The third kappa shape index (κ3) is 3.09. The Bertz CT molecular complexity index is 351. The van der Waals surface area contributed by atoms with Gasteiger partial charge in [0.2, 0.25) is 0 Å². The van der Waals surface area contributed by atoms with Crippen molar-refractivity contribution in [3.63, 3.8) is 0 Å². The summed E-state index contributed by atoms with van der Waals surface area (Å²) in [5.41, 5.74) is 5.69. The van der Waals surface area contributed by atoms with Gasteiger partial charge in [0.25, 0.3) is 0 Å². The maximum atomic E-state index is 5.89. The van der Waals surface area contributed by atoms with Gasteiger partial charge in [-0.05, 0) is 40.0 Å². The number of hydrogen-bond donors (Lipinski definition) is 1. The maximum absolute atomic E-state index is 5.89. The molecule has 1 heterocycles. The minimum Gasteiger partial charge on any atom is -0.465 e. The molecule has 0 saturated heterocycles. The molecule has 0 amide bonds. The predicted octanol–water partition coefficient (Wildman–Crippen LogP) is 1.77. The summed E-state index contributed by atoms with van der Waals surface area (Å²) in [7, 11) is 3.75. The van der Waals surface area contributed by atoms with Crippen molar-refractivity contribution in [1.29, 1.82) is 0 Å². The van der Waals surface area contributed by atoms with Gasteiger partial charge in [-0.1, -0.05) is 0 Å². The second kappa shape index (κ2) is 5.67. The highest BCUT2D eigenvalue weighted by atomic mass is 16.5. The molecule has 0 radical (unpaired) electrons. The summed E-state index contributed by atoms with van der Waals surface area (Å²) in [6, 6.07) is 3.98. The van der Waals surface area contributed by atoms with E-state index in [4.69, 9.17) is 14.9 Å². The van der Waals surface area contributed by atoms with E-state index in [0.29, 0.717) is 6.54 Å². The van der Waals surface area contributed by atoms with Crippen LogP contribution in [0, 0.1) is 6.92 Å². The number of furan rings is 1. The average molecular weight is 240 g/mol. The van der Waals surface area contributed by atoms with E-state index in [2.05, 4.69) is 11.8 Å². The van der Waals surface area contributed by atoms with Gasteiger partial charge in [-0.3, -0.25) is 4.90 Å². The van der Waals surface area contributed by atoms with Gasteiger partial charge in [0.1, 0.15) is 11.5 Å². The molecule has 0 saturated carbocycles. The predicted molar refractivity (Wildman–Crippen MR) is 68.8 cm³/mol. The molecule has 4 heteroatoms. The summed E-state index contributed by atoms with van der Waals surface area (Å²) in [5, 5.41) is 0. The van der Waals surface area contributed by atoms with Crippen LogP contribution in [-0.2, 0) is 11.3 Å². The minimum absolute atomic E-state index is 0.0635. The maximum Gasteiger partial charge on any atom is 0.118 e. The lowest BCUT2D eigenvalue weighted by Crippen LogP contribution is -2.56. The number of nitrogens with two attached hydrogens (primary N) is 1. The number of methoxy groups -OCH3 is 1. The average Bonchev–Trinajstić information content (AvgIpc) is 2.72.